The summed E-state index contributed by atoms with van der Waals surface area (Å²) in [5, 5.41) is 10.5. The summed E-state index contributed by atoms with van der Waals surface area (Å²) in [4.78, 5) is 9.13. The van der Waals surface area contributed by atoms with Gasteiger partial charge in [-0.2, -0.15) is 0 Å². The number of nitro benzene ring substituents is 1. The van der Waals surface area contributed by atoms with Crippen LogP contribution in [0.15, 0.2) is 23.1 Å². The molecule has 94 valence electrons. The average Bonchev–Trinajstić information content (AvgIpc) is 2.15. The Morgan fingerprint density at radius 2 is 1.82 bits per heavy atom. The molecule has 0 bridgehead atoms. The summed E-state index contributed by atoms with van der Waals surface area (Å²) in [5.74, 6) is -0.981. The standard InChI is InChI=1S/C10H12FNO4S/c1-10(2,3)17(15,16)9-6-7(12(13)14)4-5-8(9)11/h4-6H,1-3H3. The highest BCUT2D eigenvalue weighted by molar-refractivity contribution is 7.92. The quantitative estimate of drug-likeness (QED) is 0.604. The summed E-state index contributed by atoms with van der Waals surface area (Å²) in [7, 11) is -3.94. The minimum atomic E-state index is -3.94. The molecular weight excluding hydrogens is 249 g/mol. The van der Waals surface area contributed by atoms with Gasteiger partial charge in [0.25, 0.3) is 5.69 Å². The van der Waals surface area contributed by atoms with E-state index in [9.17, 15) is 22.9 Å². The van der Waals surface area contributed by atoms with E-state index >= 15 is 0 Å². The Morgan fingerprint density at radius 1 is 1.29 bits per heavy atom. The second-order valence-electron chi connectivity index (χ2n) is 4.49. The van der Waals surface area contributed by atoms with Gasteiger partial charge in [0.1, 0.15) is 10.7 Å². The van der Waals surface area contributed by atoms with Crippen molar-refractivity contribution >= 4 is 15.5 Å². The Hall–Kier alpha value is -1.50. The molecule has 0 spiro atoms. The van der Waals surface area contributed by atoms with E-state index < -0.39 is 35.9 Å². The van der Waals surface area contributed by atoms with Crippen molar-refractivity contribution in [3.63, 3.8) is 0 Å². The molecule has 5 nitrogen and oxygen atoms in total. The van der Waals surface area contributed by atoms with E-state index in [1.165, 1.54) is 20.8 Å². The minimum absolute atomic E-state index is 0.450. The fraction of sp³-hybridized carbons (Fsp3) is 0.400. The Morgan fingerprint density at radius 3 is 2.24 bits per heavy atom. The summed E-state index contributed by atoms with van der Waals surface area (Å²) in [5.41, 5.74) is -0.450. The molecule has 0 unspecified atom stereocenters. The Kier molecular flexibility index (Phi) is 3.24. The smallest absolute Gasteiger partial charge is 0.258 e. The van der Waals surface area contributed by atoms with Gasteiger partial charge in [0, 0.05) is 12.1 Å². The van der Waals surface area contributed by atoms with Crippen molar-refractivity contribution in [2.75, 3.05) is 0 Å². The number of sulfone groups is 1. The van der Waals surface area contributed by atoms with Crippen LogP contribution in [0.2, 0.25) is 0 Å². The monoisotopic (exact) mass is 261 g/mol. The number of nitro groups is 1. The third-order valence-electron chi connectivity index (χ3n) is 2.22. The van der Waals surface area contributed by atoms with Gasteiger partial charge < -0.3 is 0 Å². The Balaban J connectivity index is 3.52. The first-order valence-corrected chi connectivity index (χ1v) is 6.24. The Bertz CT molecular complexity index is 560. The third kappa shape index (κ3) is 2.44. The topological polar surface area (TPSA) is 77.3 Å². The van der Waals surface area contributed by atoms with Gasteiger partial charge in [-0.25, -0.2) is 12.8 Å². The van der Waals surface area contributed by atoms with Crippen molar-refractivity contribution in [3.05, 3.63) is 34.1 Å². The van der Waals surface area contributed by atoms with Crippen molar-refractivity contribution in [2.24, 2.45) is 0 Å². The van der Waals surface area contributed by atoms with E-state index in [-0.39, 0.29) is 0 Å². The lowest BCUT2D eigenvalue weighted by atomic mass is 10.3. The highest BCUT2D eigenvalue weighted by Crippen LogP contribution is 2.29. The normalized spacial score (nSPS) is 12.5. The van der Waals surface area contributed by atoms with Crippen LogP contribution in [0.4, 0.5) is 10.1 Å². The first kappa shape index (κ1) is 13.6. The molecule has 1 aromatic rings. The lowest BCUT2D eigenvalue weighted by Gasteiger charge is -2.19. The highest BCUT2D eigenvalue weighted by Gasteiger charge is 2.34. The Labute approximate surface area is 98.3 Å². The third-order valence-corrected chi connectivity index (χ3v) is 4.73. The van der Waals surface area contributed by atoms with Gasteiger partial charge in [-0.15, -0.1) is 0 Å². The van der Waals surface area contributed by atoms with Gasteiger partial charge in [-0.05, 0) is 26.8 Å². The number of non-ortho nitro benzene ring substituents is 1. The maximum Gasteiger partial charge on any atom is 0.270 e. The van der Waals surface area contributed by atoms with Crippen LogP contribution in [0.1, 0.15) is 20.8 Å². The van der Waals surface area contributed by atoms with Gasteiger partial charge >= 0.3 is 0 Å². The van der Waals surface area contributed by atoms with Crippen LogP contribution in [0.3, 0.4) is 0 Å². The van der Waals surface area contributed by atoms with Crippen LogP contribution in [0, 0.1) is 15.9 Å². The van der Waals surface area contributed by atoms with E-state index in [0.717, 1.165) is 18.2 Å². The fourth-order valence-electron chi connectivity index (χ4n) is 1.14. The largest absolute Gasteiger partial charge is 0.270 e. The zero-order valence-corrected chi connectivity index (χ0v) is 10.4. The molecule has 0 saturated heterocycles. The zero-order valence-electron chi connectivity index (χ0n) is 9.60. The molecule has 0 N–H and O–H groups in total. The molecule has 7 heteroatoms. The molecule has 0 aliphatic carbocycles. The molecule has 0 aliphatic heterocycles. The van der Waals surface area contributed by atoms with Crippen molar-refractivity contribution < 1.29 is 17.7 Å². The van der Waals surface area contributed by atoms with Crippen LogP contribution in [0.5, 0.6) is 0 Å². The molecule has 1 aromatic carbocycles. The number of hydrogen-bond donors (Lipinski definition) is 0. The second kappa shape index (κ2) is 4.06. The molecule has 0 fully saturated rings. The van der Waals surface area contributed by atoms with Gasteiger partial charge in [0.15, 0.2) is 9.84 Å². The highest BCUT2D eigenvalue weighted by atomic mass is 32.2. The summed E-state index contributed by atoms with van der Waals surface area (Å²) in [6.07, 6.45) is 0. The lowest BCUT2D eigenvalue weighted by Crippen LogP contribution is -2.28. The first-order chi connectivity index (χ1) is 7.57. The first-order valence-electron chi connectivity index (χ1n) is 4.76. The molecule has 0 saturated carbocycles. The molecular formula is C10H12FNO4S. The molecule has 0 heterocycles. The second-order valence-corrected chi connectivity index (χ2v) is 7.16. The number of benzene rings is 1. The fourth-order valence-corrected chi connectivity index (χ4v) is 2.40. The van der Waals surface area contributed by atoms with Crippen LogP contribution in [-0.4, -0.2) is 18.1 Å². The van der Waals surface area contributed by atoms with Crippen molar-refractivity contribution in [3.8, 4) is 0 Å². The van der Waals surface area contributed by atoms with Crippen LogP contribution >= 0.6 is 0 Å². The summed E-state index contributed by atoms with van der Waals surface area (Å²) >= 11 is 0. The number of hydrogen-bond acceptors (Lipinski definition) is 4. The maximum atomic E-state index is 13.5. The van der Waals surface area contributed by atoms with Gasteiger partial charge in [-0.1, -0.05) is 0 Å². The van der Waals surface area contributed by atoms with Gasteiger partial charge in [0.2, 0.25) is 0 Å². The van der Waals surface area contributed by atoms with Crippen molar-refractivity contribution in [1.29, 1.82) is 0 Å². The van der Waals surface area contributed by atoms with E-state index in [0.29, 0.717) is 0 Å². The predicted molar refractivity (Wildman–Crippen MR) is 60.0 cm³/mol. The summed E-state index contributed by atoms with van der Waals surface area (Å²) < 4.78 is 36.2. The minimum Gasteiger partial charge on any atom is -0.258 e. The zero-order chi connectivity index (χ0) is 13.4. The van der Waals surface area contributed by atoms with E-state index in [1.807, 2.05) is 0 Å². The molecule has 0 aromatic heterocycles. The van der Waals surface area contributed by atoms with Crippen LogP contribution in [0.25, 0.3) is 0 Å². The number of halogens is 1. The predicted octanol–water partition coefficient (Wildman–Crippen LogP) is 2.31. The van der Waals surface area contributed by atoms with Gasteiger partial charge in [0.05, 0.1) is 9.67 Å². The molecule has 0 atom stereocenters. The average molecular weight is 261 g/mol. The number of rotatable bonds is 2. The molecule has 1 rings (SSSR count). The van der Waals surface area contributed by atoms with Gasteiger partial charge in [-0.3, -0.25) is 10.1 Å². The number of nitrogens with zero attached hydrogens (tertiary/aromatic N) is 1. The van der Waals surface area contributed by atoms with E-state index in [2.05, 4.69) is 0 Å². The summed E-state index contributed by atoms with van der Waals surface area (Å²) in [6.45, 7) is 4.21. The SMILES string of the molecule is CC(C)(C)S(=O)(=O)c1cc([N+](=O)[O-])ccc1F. The maximum absolute atomic E-state index is 13.5. The van der Waals surface area contributed by atoms with Crippen molar-refractivity contribution in [1.82, 2.24) is 0 Å². The summed E-state index contributed by atoms with van der Waals surface area (Å²) in [6, 6.07) is 2.46. The van der Waals surface area contributed by atoms with E-state index in [1.54, 1.807) is 0 Å². The molecule has 0 amide bonds. The molecule has 17 heavy (non-hydrogen) atoms. The van der Waals surface area contributed by atoms with E-state index in [4.69, 9.17) is 0 Å². The molecule has 0 aliphatic rings. The van der Waals surface area contributed by atoms with Crippen LogP contribution in [-0.2, 0) is 9.84 Å². The van der Waals surface area contributed by atoms with Crippen molar-refractivity contribution in [2.45, 2.75) is 30.4 Å². The van der Waals surface area contributed by atoms with Crippen LogP contribution < -0.4 is 0 Å². The lowest BCUT2D eigenvalue weighted by molar-refractivity contribution is -0.385. The molecule has 0 radical (unpaired) electrons.